The van der Waals surface area contributed by atoms with Gasteiger partial charge in [-0.3, -0.25) is 0 Å². The smallest absolute Gasteiger partial charge is 0.210 e. The van der Waals surface area contributed by atoms with Crippen LogP contribution in [0.4, 0.5) is 5.13 Å². The molecule has 1 aromatic heterocycles. The first kappa shape index (κ1) is 18.1. The van der Waals surface area contributed by atoms with E-state index in [-0.39, 0.29) is 0 Å². The van der Waals surface area contributed by atoms with Crippen molar-refractivity contribution in [2.24, 2.45) is 4.99 Å². The Kier molecular flexibility index (Phi) is 5.59. The highest BCUT2D eigenvalue weighted by Crippen LogP contribution is 2.39. The maximum Gasteiger partial charge on any atom is 0.210 e. The molecule has 0 fully saturated rings. The molecule has 0 aliphatic carbocycles. The minimum absolute atomic E-state index is 0.664. The Labute approximate surface area is 169 Å². The van der Waals surface area contributed by atoms with Gasteiger partial charge in [-0.05, 0) is 42.3 Å². The molecule has 0 unspecified atom stereocenters. The number of rotatable bonds is 6. The van der Waals surface area contributed by atoms with Gasteiger partial charge in [-0.25, -0.2) is 9.98 Å². The monoisotopic (exact) mass is 384 g/mol. The zero-order chi connectivity index (χ0) is 19.2. The molecule has 3 nitrogen and oxygen atoms in total. The maximum atomic E-state index is 5.49. The molecule has 0 radical (unpaired) electrons. The fourth-order valence-corrected chi connectivity index (χ4v) is 3.83. The molecule has 0 aliphatic rings. The maximum absolute atomic E-state index is 5.49. The van der Waals surface area contributed by atoms with E-state index in [1.165, 1.54) is 0 Å². The minimum Gasteiger partial charge on any atom is -0.494 e. The van der Waals surface area contributed by atoms with E-state index in [0.717, 1.165) is 38.1 Å². The Morgan fingerprint density at radius 3 is 2.14 bits per heavy atom. The number of aliphatic imine (C=N–C) groups is 1. The van der Waals surface area contributed by atoms with E-state index < -0.39 is 0 Å². The molecule has 0 saturated carbocycles. The fourth-order valence-electron chi connectivity index (χ4n) is 2.89. The van der Waals surface area contributed by atoms with Crippen molar-refractivity contribution in [2.45, 2.75) is 6.92 Å². The van der Waals surface area contributed by atoms with Crippen molar-refractivity contribution < 1.29 is 4.74 Å². The summed E-state index contributed by atoms with van der Waals surface area (Å²) in [5, 5.41) is 0.742. The molecule has 1 heterocycles. The second-order valence-corrected chi connectivity index (χ2v) is 7.14. The molecule has 0 bridgehead atoms. The highest BCUT2D eigenvalue weighted by molar-refractivity contribution is 7.19. The molecule has 0 saturated heterocycles. The average Bonchev–Trinajstić information content (AvgIpc) is 3.19. The number of nitrogens with zero attached hydrogens (tertiary/aromatic N) is 2. The van der Waals surface area contributed by atoms with Gasteiger partial charge < -0.3 is 4.74 Å². The lowest BCUT2D eigenvalue weighted by Gasteiger charge is -2.02. The third-order valence-corrected chi connectivity index (χ3v) is 5.23. The SMILES string of the molecule is CCOc1ccc(C=Nc2nc(-c3ccccc3)c(-c3ccccc3)s2)cc1. The van der Waals surface area contributed by atoms with E-state index in [0.29, 0.717) is 6.61 Å². The van der Waals surface area contributed by atoms with Gasteiger partial charge in [-0.15, -0.1) is 0 Å². The van der Waals surface area contributed by atoms with Crippen molar-refractivity contribution in [1.82, 2.24) is 4.98 Å². The molecule has 28 heavy (non-hydrogen) atoms. The number of hydrogen-bond acceptors (Lipinski definition) is 4. The normalized spacial score (nSPS) is 11.0. The van der Waals surface area contributed by atoms with Crippen LogP contribution in [0.1, 0.15) is 12.5 Å². The first-order valence-electron chi connectivity index (χ1n) is 9.22. The van der Waals surface area contributed by atoms with Crippen LogP contribution in [0.25, 0.3) is 21.7 Å². The summed E-state index contributed by atoms with van der Waals surface area (Å²) in [5.41, 5.74) is 4.23. The fraction of sp³-hybridized carbons (Fsp3) is 0.0833. The van der Waals surface area contributed by atoms with Gasteiger partial charge in [0.15, 0.2) is 0 Å². The third kappa shape index (κ3) is 4.18. The molecule has 0 amide bonds. The summed E-state index contributed by atoms with van der Waals surface area (Å²) in [6.07, 6.45) is 1.85. The van der Waals surface area contributed by atoms with E-state index in [2.05, 4.69) is 29.3 Å². The Morgan fingerprint density at radius 1 is 0.857 bits per heavy atom. The highest BCUT2D eigenvalue weighted by atomic mass is 32.1. The molecular formula is C24H20N2OS. The van der Waals surface area contributed by atoms with E-state index in [1.54, 1.807) is 11.3 Å². The van der Waals surface area contributed by atoms with Crippen molar-refractivity contribution >= 4 is 22.7 Å². The van der Waals surface area contributed by atoms with Gasteiger partial charge in [0.25, 0.3) is 0 Å². The molecule has 138 valence electrons. The van der Waals surface area contributed by atoms with Crippen LogP contribution in [0, 0.1) is 0 Å². The molecular weight excluding hydrogens is 364 g/mol. The summed E-state index contributed by atoms with van der Waals surface area (Å²) in [7, 11) is 0. The Balaban J connectivity index is 1.67. The Hall–Kier alpha value is -3.24. The highest BCUT2D eigenvalue weighted by Gasteiger charge is 2.14. The summed E-state index contributed by atoms with van der Waals surface area (Å²) >= 11 is 1.60. The van der Waals surface area contributed by atoms with Gasteiger partial charge in [0.05, 0.1) is 17.2 Å². The predicted molar refractivity (Wildman–Crippen MR) is 118 cm³/mol. The van der Waals surface area contributed by atoms with E-state index in [4.69, 9.17) is 9.72 Å². The van der Waals surface area contributed by atoms with E-state index in [1.807, 2.05) is 73.8 Å². The molecule has 0 aliphatic heterocycles. The number of aromatic nitrogens is 1. The Morgan fingerprint density at radius 2 is 1.50 bits per heavy atom. The topological polar surface area (TPSA) is 34.5 Å². The lowest BCUT2D eigenvalue weighted by atomic mass is 10.1. The molecule has 0 atom stereocenters. The van der Waals surface area contributed by atoms with Crippen molar-refractivity contribution in [3.8, 4) is 27.4 Å². The Bertz CT molecular complexity index is 998. The molecule has 3 aromatic carbocycles. The van der Waals surface area contributed by atoms with Gasteiger partial charge in [0.2, 0.25) is 5.13 Å². The molecule has 4 aromatic rings. The first-order chi connectivity index (χ1) is 13.8. The molecule has 4 rings (SSSR count). The summed E-state index contributed by atoms with van der Waals surface area (Å²) in [4.78, 5) is 10.6. The summed E-state index contributed by atoms with van der Waals surface area (Å²) in [5.74, 6) is 0.867. The summed E-state index contributed by atoms with van der Waals surface area (Å²) < 4.78 is 5.49. The number of benzene rings is 3. The number of ether oxygens (including phenoxy) is 1. The van der Waals surface area contributed by atoms with Crippen LogP contribution >= 0.6 is 11.3 Å². The molecule has 0 spiro atoms. The van der Waals surface area contributed by atoms with Gasteiger partial charge in [-0.1, -0.05) is 72.0 Å². The third-order valence-electron chi connectivity index (χ3n) is 4.21. The van der Waals surface area contributed by atoms with E-state index in [9.17, 15) is 0 Å². The molecule has 0 N–H and O–H groups in total. The standard InChI is InChI=1S/C24H20N2OS/c1-2-27-21-15-13-18(14-16-21)17-25-24-26-22(19-9-5-3-6-10-19)23(28-24)20-11-7-4-8-12-20/h3-17H,2H2,1H3. The van der Waals surface area contributed by atoms with Crippen molar-refractivity contribution in [2.75, 3.05) is 6.61 Å². The van der Waals surface area contributed by atoms with Gasteiger partial charge in [0.1, 0.15) is 5.75 Å². The second kappa shape index (κ2) is 8.63. The predicted octanol–water partition coefficient (Wildman–Crippen LogP) is 6.63. The summed E-state index contributed by atoms with van der Waals surface area (Å²) in [6.45, 7) is 2.64. The largest absolute Gasteiger partial charge is 0.494 e. The zero-order valence-electron chi connectivity index (χ0n) is 15.6. The van der Waals surface area contributed by atoms with Crippen LogP contribution in [0.15, 0.2) is 89.9 Å². The van der Waals surface area contributed by atoms with Gasteiger partial charge in [0, 0.05) is 11.8 Å². The van der Waals surface area contributed by atoms with Crippen LogP contribution in [-0.4, -0.2) is 17.8 Å². The second-order valence-electron chi connectivity index (χ2n) is 6.17. The summed E-state index contributed by atoms with van der Waals surface area (Å²) in [6, 6.07) is 28.5. The quantitative estimate of drug-likeness (QED) is 0.350. The van der Waals surface area contributed by atoms with Crippen LogP contribution in [0.3, 0.4) is 0 Å². The molecule has 4 heteroatoms. The van der Waals surface area contributed by atoms with Crippen LogP contribution in [0.5, 0.6) is 5.75 Å². The van der Waals surface area contributed by atoms with Crippen LogP contribution in [-0.2, 0) is 0 Å². The van der Waals surface area contributed by atoms with Crippen molar-refractivity contribution in [3.63, 3.8) is 0 Å². The number of thiazole rings is 1. The van der Waals surface area contributed by atoms with Crippen LogP contribution < -0.4 is 4.74 Å². The number of hydrogen-bond donors (Lipinski definition) is 0. The minimum atomic E-state index is 0.664. The average molecular weight is 385 g/mol. The van der Waals surface area contributed by atoms with Gasteiger partial charge >= 0.3 is 0 Å². The van der Waals surface area contributed by atoms with Crippen molar-refractivity contribution in [3.05, 3.63) is 90.5 Å². The van der Waals surface area contributed by atoms with Crippen LogP contribution in [0.2, 0.25) is 0 Å². The van der Waals surface area contributed by atoms with Crippen molar-refractivity contribution in [1.29, 1.82) is 0 Å². The zero-order valence-corrected chi connectivity index (χ0v) is 16.4. The first-order valence-corrected chi connectivity index (χ1v) is 10.0. The van der Waals surface area contributed by atoms with Gasteiger partial charge in [-0.2, -0.15) is 0 Å². The lowest BCUT2D eigenvalue weighted by molar-refractivity contribution is 0.340. The lowest BCUT2D eigenvalue weighted by Crippen LogP contribution is -1.91. The van der Waals surface area contributed by atoms with E-state index >= 15 is 0 Å².